The van der Waals surface area contributed by atoms with Crippen LogP contribution in [-0.2, 0) is 4.74 Å². The summed E-state index contributed by atoms with van der Waals surface area (Å²) in [5.41, 5.74) is 5.81. The van der Waals surface area contributed by atoms with Gasteiger partial charge in [-0.3, -0.25) is 4.90 Å². The van der Waals surface area contributed by atoms with Crippen LogP contribution in [-0.4, -0.2) is 52.2 Å². The Labute approximate surface area is 451 Å². The Balaban J connectivity index is 0.743. The van der Waals surface area contributed by atoms with Crippen LogP contribution in [0.2, 0.25) is 0 Å². The summed E-state index contributed by atoms with van der Waals surface area (Å²) in [6.45, 7) is 4.14. The molecule has 0 bridgehead atoms. The van der Waals surface area contributed by atoms with Crippen molar-refractivity contribution < 1.29 is 4.74 Å². The van der Waals surface area contributed by atoms with Gasteiger partial charge in [-0.25, -0.2) is 0 Å². The number of nitrogens with zero attached hydrogens (tertiary/aromatic N) is 2. The van der Waals surface area contributed by atoms with E-state index in [0.29, 0.717) is 53.4 Å². The molecule has 0 aromatic heterocycles. The Hall–Kier alpha value is -2.36. The molecule has 15 atom stereocenters. The molecule has 0 radical (unpaired) electrons. The van der Waals surface area contributed by atoms with Crippen molar-refractivity contribution in [2.45, 2.75) is 261 Å². The highest BCUT2D eigenvalue weighted by Crippen LogP contribution is 2.70. The van der Waals surface area contributed by atoms with Crippen molar-refractivity contribution in [2.24, 2.45) is 82.3 Å². The smallest absolute Gasteiger partial charge is 0.0579 e. The van der Waals surface area contributed by atoms with E-state index in [2.05, 4.69) is 89.3 Å². The van der Waals surface area contributed by atoms with Gasteiger partial charge in [0, 0.05) is 35.9 Å². The van der Waals surface area contributed by atoms with Crippen LogP contribution in [0.25, 0.3) is 0 Å². The summed E-state index contributed by atoms with van der Waals surface area (Å²) in [6.07, 6.45) is 80.9. The second-order valence-electron chi connectivity index (χ2n) is 28.7. The largest absolute Gasteiger partial charge is 0.375 e. The van der Waals surface area contributed by atoms with Gasteiger partial charge in [-0.15, -0.1) is 6.58 Å². The zero-order chi connectivity index (χ0) is 49.2. The molecule has 8 fully saturated rings. The van der Waals surface area contributed by atoms with Crippen molar-refractivity contribution in [1.82, 2.24) is 9.80 Å². The normalized spacial score (nSPS) is 46.5. The summed E-state index contributed by atoms with van der Waals surface area (Å²) in [5, 5.41) is 0. The highest BCUT2D eigenvalue weighted by molar-refractivity contribution is 5.38. The molecule has 74 heavy (non-hydrogen) atoms. The fraction of sp³-hybridized carbons (Fsp3) is 0.775. The molecule has 13 aliphatic carbocycles. The molecule has 7 saturated carbocycles. The van der Waals surface area contributed by atoms with E-state index in [1.807, 2.05) is 5.57 Å². The molecule has 3 nitrogen and oxygen atoms in total. The lowest BCUT2D eigenvalue weighted by Crippen LogP contribution is -2.53. The number of hydrogen-bond acceptors (Lipinski definition) is 3. The molecule has 0 spiro atoms. The first-order valence-electron chi connectivity index (χ1n) is 33.2. The van der Waals surface area contributed by atoms with E-state index < -0.39 is 0 Å². The Morgan fingerprint density at radius 3 is 2.16 bits per heavy atom. The van der Waals surface area contributed by atoms with E-state index in [-0.39, 0.29) is 0 Å². The summed E-state index contributed by atoms with van der Waals surface area (Å²) in [4.78, 5) is 6.44. The van der Waals surface area contributed by atoms with Crippen molar-refractivity contribution in [3.63, 3.8) is 0 Å². The van der Waals surface area contributed by atoms with Crippen LogP contribution in [0.15, 0.2) is 96.3 Å². The van der Waals surface area contributed by atoms with E-state index in [1.54, 1.807) is 11.3 Å². The number of rotatable bonds is 10. The maximum Gasteiger partial charge on any atom is 0.0579 e. The third-order valence-electron chi connectivity index (χ3n) is 25.6. The predicted octanol–water partition coefficient (Wildman–Crippen LogP) is 17.8. The van der Waals surface area contributed by atoms with Crippen LogP contribution in [0.4, 0.5) is 0 Å². The van der Waals surface area contributed by atoms with Crippen LogP contribution in [0.3, 0.4) is 0 Å². The highest BCUT2D eigenvalue weighted by atomic mass is 16.5. The molecule has 14 aliphatic rings. The van der Waals surface area contributed by atoms with Crippen LogP contribution < -0.4 is 0 Å². The van der Waals surface area contributed by atoms with Crippen molar-refractivity contribution in [1.29, 1.82) is 0 Å². The van der Waals surface area contributed by atoms with Gasteiger partial charge < -0.3 is 9.64 Å². The number of allylic oxidation sites excluding steroid dienone is 13. The topological polar surface area (TPSA) is 15.7 Å². The SMILES string of the molecule is C=CC1CCC(OC2CCC(C3(C4CCCCC4)C4C=CC=CC4C4C=CC(N(C5=CCC6C=C(C7=CC8C9CCCCC9N(C9CCCCC9)C8CC7)CCC6C5)C5CCC6C=CCCC6C5)CC43)CC2)CC1. The average Bonchev–Trinajstić information content (AvgIpc) is 3.96. The van der Waals surface area contributed by atoms with Gasteiger partial charge in [0.05, 0.1) is 12.2 Å². The Bertz CT molecular complexity index is 2200. The van der Waals surface area contributed by atoms with E-state index in [0.717, 1.165) is 71.4 Å². The molecular weight excluding hydrogens is 897 g/mol. The van der Waals surface area contributed by atoms with Gasteiger partial charge in [0.15, 0.2) is 0 Å². The fourth-order valence-electron chi connectivity index (χ4n) is 22.4. The first-order valence-corrected chi connectivity index (χ1v) is 33.2. The molecule has 15 unspecified atom stereocenters. The number of ether oxygens (including phenoxy) is 1. The minimum atomic E-state index is 0.402. The van der Waals surface area contributed by atoms with Gasteiger partial charge in [0.25, 0.3) is 0 Å². The summed E-state index contributed by atoms with van der Waals surface area (Å²) in [5.74, 6) is 10.2. The van der Waals surface area contributed by atoms with Crippen molar-refractivity contribution in [2.75, 3.05) is 0 Å². The first kappa shape index (κ1) is 49.9. The third kappa shape index (κ3) is 9.12. The van der Waals surface area contributed by atoms with Gasteiger partial charge in [0.1, 0.15) is 0 Å². The van der Waals surface area contributed by atoms with Crippen LogP contribution >= 0.6 is 0 Å². The van der Waals surface area contributed by atoms with E-state index >= 15 is 0 Å². The van der Waals surface area contributed by atoms with Gasteiger partial charge in [-0.1, -0.05) is 124 Å². The van der Waals surface area contributed by atoms with Gasteiger partial charge >= 0.3 is 0 Å². The van der Waals surface area contributed by atoms with Crippen LogP contribution in [0.5, 0.6) is 0 Å². The number of hydrogen-bond donors (Lipinski definition) is 0. The zero-order valence-corrected chi connectivity index (χ0v) is 46.5. The lowest BCUT2D eigenvalue weighted by molar-refractivity contribution is -0.0953. The standard InChI is InChI=1S/C71H102N2O/c1-2-48-25-37-61(38-26-48)74-62-39-32-56(33-40-62)71(55-17-5-3-6-18-55)67-23-13-11-21-63(67)64-41-36-60(47-68(64)71)72(58-34-29-49-15-9-10-16-50(49)44-58)59-35-30-52-43-51(27-28-53(52)45-59)54-31-42-70-66(46-54)65-22-12-14-24-69(65)73(70)57-19-7-4-8-20-57/h2,9,11,13,15,21,23,35-36,41,43,46,48-50,52-53,55-58,60-70H,1,3-8,10,12,14,16-20,22,24-34,37-40,42,44-45,47H2. The first-order chi connectivity index (χ1) is 36.6. The molecule has 0 amide bonds. The maximum absolute atomic E-state index is 7.08. The predicted molar refractivity (Wildman–Crippen MR) is 307 cm³/mol. The average molecular weight is 1000 g/mol. The summed E-state index contributed by atoms with van der Waals surface area (Å²) < 4.78 is 7.08. The minimum Gasteiger partial charge on any atom is -0.375 e. The van der Waals surface area contributed by atoms with E-state index in [9.17, 15) is 0 Å². The Morgan fingerprint density at radius 2 is 1.32 bits per heavy atom. The lowest BCUT2D eigenvalue weighted by atomic mass is 9.49. The molecule has 0 N–H and O–H groups in total. The molecule has 0 aromatic carbocycles. The molecule has 1 heterocycles. The quantitative estimate of drug-likeness (QED) is 0.203. The fourth-order valence-corrected chi connectivity index (χ4v) is 22.4. The van der Waals surface area contributed by atoms with E-state index in [4.69, 9.17) is 4.74 Å². The molecule has 14 rings (SSSR count). The lowest BCUT2D eigenvalue weighted by Gasteiger charge is -2.57. The van der Waals surface area contributed by atoms with Gasteiger partial charge in [-0.05, 0) is 260 Å². The molecule has 1 saturated heterocycles. The number of fused-ring (bicyclic) bond motifs is 8. The Morgan fingerprint density at radius 1 is 0.581 bits per heavy atom. The third-order valence-corrected chi connectivity index (χ3v) is 25.6. The van der Waals surface area contributed by atoms with Gasteiger partial charge in [0.2, 0.25) is 0 Å². The molecule has 402 valence electrons. The van der Waals surface area contributed by atoms with Crippen LogP contribution in [0.1, 0.15) is 218 Å². The minimum absolute atomic E-state index is 0.402. The second-order valence-corrected chi connectivity index (χ2v) is 28.7. The van der Waals surface area contributed by atoms with Gasteiger partial charge in [-0.2, -0.15) is 0 Å². The highest BCUT2D eigenvalue weighted by Gasteiger charge is 2.65. The van der Waals surface area contributed by atoms with E-state index in [1.165, 1.54) is 218 Å². The molecule has 3 heteroatoms. The maximum atomic E-state index is 7.08. The summed E-state index contributed by atoms with van der Waals surface area (Å²) in [6, 6.07) is 3.84. The molecular formula is C71H102N2O. The molecule has 0 aromatic rings. The molecule has 1 aliphatic heterocycles. The summed E-state index contributed by atoms with van der Waals surface area (Å²) in [7, 11) is 0. The zero-order valence-electron chi connectivity index (χ0n) is 46.5. The monoisotopic (exact) mass is 999 g/mol. The van der Waals surface area contributed by atoms with Crippen molar-refractivity contribution in [3.05, 3.63) is 96.3 Å². The van der Waals surface area contributed by atoms with Crippen LogP contribution in [0, 0.1) is 82.3 Å². The summed E-state index contributed by atoms with van der Waals surface area (Å²) >= 11 is 0. The Kier molecular flexibility index (Phi) is 14.6. The van der Waals surface area contributed by atoms with Crippen molar-refractivity contribution in [3.8, 4) is 0 Å². The second kappa shape index (κ2) is 21.7. The number of likely N-dealkylation sites (tertiary alicyclic amines) is 1. The van der Waals surface area contributed by atoms with Crippen molar-refractivity contribution >= 4 is 0 Å².